The standard InChI is InChI=1S/C18H30N2O/c1-4-17(18(19-3)15-10-7-6-8-11-15)20-13-9-12-16(14-20)21-5-2/h6-8,10-11,16-19H,4-5,9,12-14H2,1-3H3. The molecule has 1 aliphatic rings. The maximum absolute atomic E-state index is 5.86. The molecule has 3 nitrogen and oxygen atoms in total. The van der Waals surface area contributed by atoms with Gasteiger partial charge in [0, 0.05) is 25.2 Å². The molecule has 21 heavy (non-hydrogen) atoms. The molecule has 0 spiro atoms. The van der Waals surface area contributed by atoms with E-state index in [0.29, 0.717) is 18.2 Å². The number of ether oxygens (including phenoxy) is 1. The molecule has 0 radical (unpaired) electrons. The molecule has 2 rings (SSSR count). The van der Waals surface area contributed by atoms with Crippen molar-refractivity contribution in [3.8, 4) is 0 Å². The van der Waals surface area contributed by atoms with Gasteiger partial charge in [-0.1, -0.05) is 37.3 Å². The number of likely N-dealkylation sites (N-methyl/N-ethyl adjacent to an activating group) is 1. The number of piperidine rings is 1. The van der Waals surface area contributed by atoms with Crippen molar-refractivity contribution in [2.75, 3.05) is 26.7 Å². The normalized spacial score (nSPS) is 22.9. The zero-order chi connectivity index (χ0) is 15.1. The number of nitrogens with one attached hydrogen (secondary N) is 1. The Bertz CT molecular complexity index is 393. The molecule has 0 saturated carbocycles. The Morgan fingerprint density at radius 1 is 1.29 bits per heavy atom. The SMILES string of the molecule is CCOC1CCCN(C(CC)C(NC)c2ccccc2)C1. The van der Waals surface area contributed by atoms with E-state index < -0.39 is 0 Å². The zero-order valence-electron chi connectivity index (χ0n) is 13.7. The Hall–Kier alpha value is -0.900. The third-order valence-electron chi connectivity index (χ3n) is 4.55. The molecule has 3 atom stereocenters. The van der Waals surface area contributed by atoms with E-state index in [1.54, 1.807) is 0 Å². The van der Waals surface area contributed by atoms with Gasteiger partial charge in [0.1, 0.15) is 0 Å². The van der Waals surface area contributed by atoms with Crippen molar-refractivity contribution in [2.24, 2.45) is 0 Å². The van der Waals surface area contributed by atoms with Crippen molar-refractivity contribution >= 4 is 0 Å². The molecule has 118 valence electrons. The van der Waals surface area contributed by atoms with Gasteiger partial charge in [0.25, 0.3) is 0 Å². The van der Waals surface area contributed by atoms with Crippen molar-refractivity contribution in [1.29, 1.82) is 0 Å². The molecule has 1 N–H and O–H groups in total. The molecule has 0 aliphatic carbocycles. The lowest BCUT2D eigenvalue weighted by molar-refractivity contribution is -0.0132. The predicted molar refractivity (Wildman–Crippen MR) is 88.5 cm³/mol. The van der Waals surface area contributed by atoms with E-state index in [1.165, 1.54) is 24.9 Å². The second-order valence-electron chi connectivity index (χ2n) is 5.87. The molecular weight excluding hydrogens is 260 g/mol. The molecule has 0 aromatic heterocycles. The summed E-state index contributed by atoms with van der Waals surface area (Å²) < 4.78 is 5.86. The van der Waals surface area contributed by atoms with Crippen molar-refractivity contribution in [2.45, 2.75) is 51.3 Å². The summed E-state index contributed by atoms with van der Waals surface area (Å²) in [7, 11) is 2.07. The van der Waals surface area contributed by atoms with Crippen LogP contribution in [0.25, 0.3) is 0 Å². The van der Waals surface area contributed by atoms with Gasteiger partial charge in [-0.2, -0.15) is 0 Å². The fourth-order valence-electron chi connectivity index (χ4n) is 3.59. The highest BCUT2D eigenvalue weighted by molar-refractivity contribution is 5.20. The van der Waals surface area contributed by atoms with Gasteiger partial charge in [0.2, 0.25) is 0 Å². The van der Waals surface area contributed by atoms with Crippen LogP contribution in [-0.2, 0) is 4.74 Å². The molecule has 1 heterocycles. The Labute approximate surface area is 129 Å². The van der Waals surface area contributed by atoms with Gasteiger partial charge >= 0.3 is 0 Å². The number of hydrogen-bond acceptors (Lipinski definition) is 3. The highest BCUT2D eigenvalue weighted by Gasteiger charge is 2.30. The number of nitrogens with zero attached hydrogens (tertiary/aromatic N) is 1. The first-order valence-electron chi connectivity index (χ1n) is 8.38. The number of hydrogen-bond donors (Lipinski definition) is 1. The van der Waals surface area contributed by atoms with Crippen LogP contribution in [0.2, 0.25) is 0 Å². The van der Waals surface area contributed by atoms with E-state index in [2.05, 4.69) is 61.4 Å². The molecule has 1 aromatic carbocycles. The Morgan fingerprint density at radius 2 is 2.05 bits per heavy atom. The van der Waals surface area contributed by atoms with Gasteiger partial charge in [-0.15, -0.1) is 0 Å². The molecule has 1 saturated heterocycles. The Morgan fingerprint density at radius 3 is 2.67 bits per heavy atom. The Kier molecular flexibility index (Phi) is 6.68. The summed E-state index contributed by atoms with van der Waals surface area (Å²) in [6.07, 6.45) is 4.01. The summed E-state index contributed by atoms with van der Waals surface area (Å²) in [5.74, 6) is 0. The lowest BCUT2D eigenvalue weighted by atomic mass is 9.94. The molecule has 1 fully saturated rings. The van der Waals surface area contributed by atoms with Gasteiger partial charge in [-0.25, -0.2) is 0 Å². The van der Waals surface area contributed by atoms with Gasteiger partial charge < -0.3 is 10.1 Å². The molecule has 0 amide bonds. The molecule has 1 aromatic rings. The number of rotatable bonds is 7. The van der Waals surface area contributed by atoms with Crippen LogP contribution in [0.5, 0.6) is 0 Å². The van der Waals surface area contributed by atoms with Crippen LogP contribution < -0.4 is 5.32 Å². The highest BCUT2D eigenvalue weighted by atomic mass is 16.5. The summed E-state index contributed by atoms with van der Waals surface area (Å²) >= 11 is 0. The fourth-order valence-corrected chi connectivity index (χ4v) is 3.59. The highest BCUT2D eigenvalue weighted by Crippen LogP contribution is 2.26. The quantitative estimate of drug-likeness (QED) is 0.834. The number of benzene rings is 1. The molecule has 1 aliphatic heterocycles. The van der Waals surface area contributed by atoms with Crippen molar-refractivity contribution in [1.82, 2.24) is 10.2 Å². The first kappa shape index (κ1) is 16.5. The summed E-state index contributed by atoms with van der Waals surface area (Å²) in [6.45, 7) is 7.47. The van der Waals surface area contributed by atoms with Crippen LogP contribution in [0.4, 0.5) is 0 Å². The zero-order valence-corrected chi connectivity index (χ0v) is 13.7. The van der Waals surface area contributed by atoms with E-state index in [-0.39, 0.29) is 0 Å². The van der Waals surface area contributed by atoms with Crippen LogP contribution in [0, 0.1) is 0 Å². The van der Waals surface area contributed by atoms with Crippen LogP contribution in [0.3, 0.4) is 0 Å². The van der Waals surface area contributed by atoms with Crippen LogP contribution in [-0.4, -0.2) is 43.8 Å². The monoisotopic (exact) mass is 290 g/mol. The summed E-state index contributed by atoms with van der Waals surface area (Å²) in [6, 6.07) is 11.7. The van der Waals surface area contributed by atoms with E-state index in [4.69, 9.17) is 4.74 Å². The minimum Gasteiger partial charge on any atom is -0.377 e. The Balaban J connectivity index is 2.09. The minimum absolute atomic E-state index is 0.386. The van der Waals surface area contributed by atoms with Crippen molar-refractivity contribution < 1.29 is 4.74 Å². The van der Waals surface area contributed by atoms with Crippen LogP contribution in [0.15, 0.2) is 30.3 Å². The largest absolute Gasteiger partial charge is 0.377 e. The van der Waals surface area contributed by atoms with Crippen LogP contribution >= 0.6 is 0 Å². The average Bonchev–Trinajstić information content (AvgIpc) is 2.54. The fraction of sp³-hybridized carbons (Fsp3) is 0.667. The third-order valence-corrected chi connectivity index (χ3v) is 4.55. The first-order valence-corrected chi connectivity index (χ1v) is 8.38. The second kappa shape index (κ2) is 8.52. The molecule has 3 unspecified atom stereocenters. The van der Waals surface area contributed by atoms with Gasteiger partial charge in [0.05, 0.1) is 6.10 Å². The van der Waals surface area contributed by atoms with Gasteiger partial charge in [-0.3, -0.25) is 4.90 Å². The van der Waals surface area contributed by atoms with Crippen LogP contribution in [0.1, 0.15) is 44.7 Å². The molecule has 0 bridgehead atoms. The molecular formula is C18H30N2O. The maximum Gasteiger partial charge on any atom is 0.0702 e. The second-order valence-corrected chi connectivity index (χ2v) is 5.87. The number of likely N-dealkylation sites (tertiary alicyclic amines) is 1. The first-order chi connectivity index (χ1) is 10.3. The summed E-state index contributed by atoms with van der Waals surface area (Å²) in [5.41, 5.74) is 1.38. The van der Waals surface area contributed by atoms with Crippen molar-refractivity contribution in [3.63, 3.8) is 0 Å². The van der Waals surface area contributed by atoms with Gasteiger partial charge in [0.15, 0.2) is 0 Å². The van der Waals surface area contributed by atoms with Crippen molar-refractivity contribution in [3.05, 3.63) is 35.9 Å². The lowest BCUT2D eigenvalue weighted by Gasteiger charge is -2.41. The van der Waals surface area contributed by atoms with Gasteiger partial charge in [-0.05, 0) is 45.3 Å². The lowest BCUT2D eigenvalue weighted by Crippen LogP contribution is -2.50. The summed E-state index contributed by atoms with van der Waals surface area (Å²) in [5, 5.41) is 3.53. The minimum atomic E-state index is 0.386. The maximum atomic E-state index is 5.86. The topological polar surface area (TPSA) is 24.5 Å². The third kappa shape index (κ3) is 4.29. The predicted octanol–water partition coefficient (Wildman–Crippen LogP) is 3.23. The van der Waals surface area contributed by atoms with E-state index in [9.17, 15) is 0 Å². The van der Waals surface area contributed by atoms with E-state index >= 15 is 0 Å². The average molecular weight is 290 g/mol. The van der Waals surface area contributed by atoms with E-state index in [1.807, 2.05) is 0 Å². The molecule has 3 heteroatoms. The van der Waals surface area contributed by atoms with E-state index in [0.717, 1.165) is 19.6 Å². The summed E-state index contributed by atoms with van der Waals surface area (Å²) in [4.78, 5) is 2.62. The smallest absolute Gasteiger partial charge is 0.0702 e.